The van der Waals surface area contributed by atoms with Gasteiger partial charge in [0.2, 0.25) is 5.95 Å². The maximum Gasteiger partial charge on any atom is 0.241 e. The topological polar surface area (TPSA) is 81.1 Å². The van der Waals surface area contributed by atoms with Gasteiger partial charge in [0, 0.05) is 35.4 Å². The third-order valence-electron chi connectivity index (χ3n) is 4.84. The molecule has 0 saturated heterocycles. The molecule has 25 heavy (non-hydrogen) atoms. The Morgan fingerprint density at radius 1 is 1.12 bits per heavy atom. The Balaban J connectivity index is 1.50. The van der Waals surface area contributed by atoms with E-state index >= 15 is 0 Å². The lowest BCUT2D eigenvalue weighted by Crippen LogP contribution is -2.44. The molecular formula is C19H18N6. The van der Waals surface area contributed by atoms with Crippen molar-refractivity contribution in [2.45, 2.75) is 24.9 Å². The zero-order valence-corrected chi connectivity index (χ0v) is 13.6. The maximum atomic E-state index is 5.83. The molecule has 1 aliphatic carbocycles. The van der Waals surface area contributed by atoms with Crippen LogP contribution in [0, 0.1) is 0 Å². The summed E-state index contributed by atoms with van der Waals surface area (Å²) in [4.78, 5) is 8.86. The lowest BCUT2D eigenvalue weighted by molar-refractivity contribution is 0.371. The standard InChI is InChI=1S/C19H18N6/c20-14-9-15(10-14)23-19-22-11-18-16(5-7-25(18)24-19)12-3-4-17-13(8-12)2-1-6-21-17/h1-8,11,14-15H,9-10,20H2,(H,23,24)/t14-,15+. The van der Waals surface area contributed by atoms with Gasteiger partial charge in [-0.15, -0.1) is 5.10 Å². The molecule has 5 rings (SSSR count). The average Bonchev–Trinajstić information content (AvgIpc) is 3.03. The first-order valence-electron chi connectivity index (χ1n) is 8.48. The molecule has 0 spiro atoms. The summed E-state index contributed by atoms with van der Waals surface area (Å²) in [6.45, 7) is 0. The number of anilines is 1. The van der Waals surface area contributed by atoms with Gasteiger partial charge in [-0.2, -0.15) is 0 Å². The molecule has 1 aromatic carbocycles. The van der Waals surface area contributed by atoms with Gasteiger partial charge in [0.05, 0.1) is 17.2 Å². The number of benzene rings is 1. The molecule has 6 nitrogen and oxygen atoms in total. The first-order valence-corrected chi connectivity index (χ1v) is 8.48. The van der Waals surface area contributed by atoms with Gasteiger partial charge >= 0.3 is 0 Å². The Kier molecular flexibility index (Phi) is 3.18. The zero-order chi connectivity index (χ0) is 16.8. The number of nitrogens with two attached hydrogens (primary N) is 1. The van der Waals surface area contributed by atoms with E-state index in [1.165, 1.54) is 0 Å². The van der Waals surface area contributed by atoms with Gasteiger partial charge in [-0.05, 0) is 42.7 Å². The van der Waals surface area contributed by atoms with Crippen LogP contribution in [0.25, 0.3) is 27.5 Å². The minimum absolute atomic E-state index is 0.307. The van der Waals surface area contributed by atoms with Crippen LogP contribution >= 0.6 is 0 Å². The quantitative estimate of drug-likeness (QED) is 0.604. The molecule has 0 amide bonds. The van der Waals surface area contributed by atoms with Gasteiger partial charge in [0.1, 0.15) is 0 Å². The normalized spacial score (nSPS) is 19.9. The van der Waals surface area contributed by atoms with Crippen LogP contribution in [0.3, 0.4) is 0 Å². The molecule has 1 fully saturated rings. The molecule has 0 aliphatic heterocycles. The molecule has 3 heterocycles. The molecule has 1 aliphatic rings. The van der Waals surface area contributed by atoms with Gasteiger partial charge in [-0.25, -0.2) is 9.50 Å². The summed E-state index contributed by atoms with van der Waals surface area (Å²) >= 11 is 0. The number of nitrogens with one attached hydrogen (secondary N) is 1. The Morgan fingerprint density at radius 3 is 2.92 bits per heavy atom. The zero-order valence-electron chi connectivity index (χ0n) is 13.6. The molecule has 0 bridgehead atoms. The monoisotopic (exact) mass is 330 g/mol. The summed E-state index contributed by atoms with van der Waals surface area (Å²) in [6.07, 6.45) is 7.61. The summed E-state index contributed by atoms with van der Waals surface area (Å²) in [5.74, 6) is 0.647. The van der Waals surface area contributed by atoms with Crippen LogP contribution < -0.4 is 11.1 Å². The number of pyridine rings is 1. The number of hydrogen-bond donors (Lipinski definition) is 2. The summed E-state index contributed by atoms with van der Waals surface area (Å²) in [7, 11) is 0. The predicted octanol–water partition coefficient (Wildman–Crippen LogP) is 2.85. The highest BCUT2D eigenvalue weighted by Crippen LogP contribution is 2.28. The number of fused-ring (bicyclic) bond motifs is 2. The van der Waals surface area contributed by atoms with Gasteiger partial charge in [0.25, 0.3) is 0 Å². The lowest BCUT2D eigenvalue weighted by atomic mass is 9.88. The molecule has 0 atom stereocenters. The number of nitrogens with zero attached hydrogens (tertiary/aromatic N) is 4. The third-order valence-corrected chi connectivity index (χ3v) is 4.84. The van der Waals surface area contributed by atoms with E-state index < -0.39 is 0 Å². The van der Waals surface area contributed by atoms with Crippen molar-refractivity contribution in [1.82, 2.24) is 19.6 Å². The van der Waals surface area contributed by atoms with Crippen molar-refractivity contribution < 1.29 is 0 Å². The van der Waals surface area contributed by atoms with Gasteiger partial charge in [0.15, 0.2) is 0 Å². The molecule has 124 valence electrons. The van der Waals surface area contributed by atoms with Crippen LogP contribution in [-0.4, -0.2) is 31.7 Å². The molecule has 1 saturated carbocycles. The molecule has 3 aromatic heterocycles. The molecule has 4 aromatic rings. The Morgan fingerprint density at radius 2 is 2.04 bits per heavy atom. The van der Waals surface area contributed by atoms with E-state index in [1.807, 2.05) is 35.2 Å². The summed E-state index contributed by atoms with van der Waals surface area (Å²) in [5, 5.41) is 9.04. The molecule has 6 heteroatoms. The van der Waals surface area contributed by atoms with E-state index in [2.05, 4.69) is 44.6 Å². The molecule has 0 radical (unpaired) electrons. The Labute approximate surface area is 144 Å². The van der Waals surface area contributed by atoms with Crippen LogP contribution in [0.4, 0.5) is 5.95 Å². The van der Waals surface area contributed by atoms with E-state index in [0.29, 0.717) is 18.0 Å². The minimum Gasteiger partial charge on any atom is -0.350 e. The van der Waals surface area contributed by atoms with Gasteiger partial charge in [-0.3, -0.25) is 4.98 Å². The average molecular weight is 330 g/mol. The van der Waals surface area contributed by atoms with Gasteiger partial charge < -0.3 is 11.1 Å². The number of hydrogen-bond acceptors (Lipinski definition) is 5. The Bertz CT molecular complexity index is 1060. The fourth-order valence-corrected chi connectivity index (χ4v) is 3.42. The van der Waals surface area contributed by atoms with Crippen molar-refractivity contribution in [1.29, 1.82) is 0 Å². The van der Waals surface area contributed by atoms with E-state index in [1.54, 1.807) is 0 Å². The molecule has 3 N–H and O–H groups in total. The van der Waals surface area contributed by atoms with Crippen molar-refractivity contribution in [3.63, 3.8) is 0 Å². The second kappa shape index (κ2) is 5.53. The van der Waals surface area contributed by atoms with E-state index in [9.17, 15) is 0 Å². The van der Waals surface area contributed by atoms with Crippen LogP contribution in [0.5, 0.6) is 0 Å². The van der Waals surface area contributed by atoms with E-state index in [-0.39, 0.29) is 0 Å². The minimum atomic E-state index is 0.307. The largest absolute Gasteiger partial charge is 0.350 e. The van der Waals surface area contributed by atoms with E-state index in [4.69, 9.17) is 5.73 Å². The van der Waals surface area contributed by atoms with Crippen molar-refractivity contribution in [3.8, 4) is 11.1 Å². The maximum absolute atomic E-state index is 5.83. The fourth-order valence-electron chi connectivity index (χ4n) is 3.42. The van der Waals surface area contributed by atoms with Crippen molar-refractivity contribution in [3.05, 3.63) is 55.0 Å². The second-order valence-corrected chi connectivity index (χ2v) is 6.62. The predicted molar refractivity (Wildman–Crippen MR) is 98.3 cm³/mol. The second-order valence-electron chi connectivity index (χ2n) is 6.62. The van der Waals surface area contributed by atoms with Crippen LogP contribution in [-0.2, 0) is 0 Å². The molecular weight excluding hydrogens is 312 g/mol. The third kappa shape index (κ3) is 2.51. The highest BCUT2D eigenvalue weighted by atomic mass is 15.3. The number of aromatic nitrogens is 4. The number of rotatable bonds is 3. The fraction of sp³-hybridized carbons (Fsp3) is 0.211. The molecule has 0 unspecified atom stereocenters. The summed E-state index contributed by atoms with van der Waals surface area (Å²) < 4.78 is 1.87. The summed E-state index contributed by atoms with van der Waals surface area (Å²) in [5.41, 5.74) is 10.1. The Hall–Kier alpha value is -2.99. The van der Waals surface area contributed by atoms with Crippen molar-refractivity contribution >= 4 is 22.4 Å². The van der Waals surface area contributed by atoms with Crippen LogP contribution in [0.2, 0.25) is 0 Å². The first-order chi connectivity index (χ1) is 12.3. The lowest BCUT2D eigenvalue weighted by Gasteiger charge is -2.32. The van der Waals surface area contributed by atoms with Crippen LogP contribution in [0.15, 0.2) is 55.0 Å². The highest BCUT2D eigenvalue weighted by Gasteiger charge is 2.26. The highest BCUT2D eigenvalue weighted by molar-refractivity contribution is 5.88. The van der Waals surface area contributed by atoms with E-state index in [0.717, 1.165) is 40.4 Å². The van der Waals surface area contributed by atoms with Crippen molar-refractivity contribution in [2.24, 2.45) is 5.73 Å². The van der Waals surface area contributed by atoms with Crippen LogP contribution in [0.1, 0.15) is 12.8 Å². The van der Waals surface area contributed by atoms with Crippen molar-refractivity contribution in [2.75, 3.05) is 5.32 Å². The first kappa shape index (κ1) is 14.4. The smallest absolute Gasteiger partial charge is 0.241 e. The summed E-state index contributed by atoms with van der Waals surface area (Å²) in [6, 6.07) is 13.1. The van der Waals surface area contributed by atoms with Gasteiger partial charge in [-0.1, -0.05) is 12.1 Å². The SMILES string of the molecule is N[C@H]1C[C@@H](Nc2ncc3c(-c4ccc5ncccc5c4)ccn3n2)C1.